The molecule has 9 nitrogen and oxygen atoms in total. The molecule has 3 rings (SSSR count). The van der Waals surface area contributed by atoms with Crippen molar-refractivity contribution >= 4 is 45.8 Å². The largest absolute Gasteiger partial charge is 0.366 e. The predicted octanol–water partition coefficient (Wildman–Crippen LogP) is 0.888. The Kier molecular flexibility index (Phi) is 5.99. The molecule has 1 aliphatic rings. The van der Waals surface area contributed by atoms with Crippen LogP contribution in [0.4, 0.5) is 10.8 Å². The van der Waals surface area contributed by atoms with E-state index in [2.05, 4.69) is 20.9 Å². The van der Waals surface area contributed by atoms with Gasteiger partial charge in [0.2, 0.25) is 23.6 Å². The molecule has 1 saturated heterocycles. The summed E-state index contributed by atoms with van der Waals surface area (Å²) in [5.74, 6) is -1.33. The van der Waals surface area contributed by atoms with Gasteiger partial charge in [0.05, 0.1) is 18.0 Å². The van der Waals surface area contributed by atoms with Crippen molar-refractivity contribution in [2.24, 2.45) is 11.7 Å². The zero-order valence-corrected chi connectivity index (χ0v) is 15.7. The van der Waals surface area contributed by atoms with Crippen LogP contribution in [0.3, 0.4) is 0 Å². The SMILES string of the molecule is NC(=O)c1ccc(NC(=O)Cc2csc(NC(=O)C3CCC(=O)NC3)n2)cc1. The predicted molar refractivity (Wildman–Crippen MR) is 104 cm³/mol. The Labute approximate surface area is 164 Å². The lowest BCUT2D eigenvalue weighted by molar-refractivity contribution is -0.126. The van der Waals surface area contributed by atoms with E-state index in [0.29, 0.717) is 41.5 Å². The number of hydrogen-bond acceptors (Lipinski definition) is 6. The van der Waals surface area contributed by atoms with E-state index in [1.165, 1.54) is 23.5 Å². The molecule has 0 aliphatic carbocycles. The summed E-state index contributed by atoms with van der Waals surface area (Å²) in [5, 5.41) is 10.2. The number of nitrogens with one attached hydrogen (secondary N) is 3. The normalized spacial score (nSPS) is 16.1. The molecule has 4 amide bonds. The molecule has 28 heavy (non-hydrogen) atoms. The number of carbonyl (C=O) groups is 4. The van der Waals surface area contributed by atoms with Crippen molar-refractivity contribution in [3.63, 3.8) is 0 Å². The molecule has 0 spiro atoms. The smallest absolute Gasteiger partial charge is 0.248 e. The molecule has 2 aromatic rings. The van der Waals surface area contributed by atoms with E-state index < -0.39 is 5.91 Å². The Morgan fingerprint density at radius 2 is 1.96 bits per heavy atom. The number of hydrogen-bond donors (Lipinski definition) is 4. The molecule has 1 aliphatic heterocycles. The standard InChI is InChI=1S/C18H19N5O4S/c19-16(26)10-1-4-12(5-2-10)21-15(25)7-13-9-28-18(22-13)23-17(27)11-3-6-14(24)20-8-11/h1-2,4-5,9,11H,3,6-8H2,(H2,19,26)(H,20,24)(H,21,25)(H,22,23,27). The second-order valence-corrected chi connectivity index (χ2v) is 7.20. The fraction of sp³-hybridized carbons (Fsp3) is 0.278. The summed E-state index contributed by atoms with van der Waals surface area (Å²) in [6.07, 6.45) is 0.887. The van der Waals surface area contributed by atoms with Gasteiger partial charge in [0, 0.05) is 29.6 Å². The van der Waals surface area contributed by atoms with Crippen LogP contribution < -0.4 is 21.7 Å². The van der Waals surface area contributed by atoms with Crippen LogP contribution in [-0.4, -0.2) is 35.2 Å². The fourth-order valence-corrected chi connectivity index (χ4v) is 3.41. The lowest BCUT2D eigenvalue weighted by Gasteiger charge is -2.20. The third kappa shape index (κ3) is 5.13. The molecule has 1 aromatic carbocycles. The molecule has 0 saturated carbocycles. The number of benzene rings is 1. The van der Waals surface area contributed by atoms with Gasteiger partial charge >= 0.3 is 0 Å². The number of primary amides is 1. The van der Waals surface area contributed by atoms with E-state index in [1.54, 1.807) is 17.5 Å². The van der Waals surface area contributed by atoms with E-state index in [0.717, 1.165) is 0 Å². The minimum Gasteiger partial charge on any atom is -0.366 e. The van der Waals surface area contributed by atoms with Crippen molar-refractivity contribution in [1.82, 2.24) is 10.3 Å². The fourth-order valence-electron chi connectivity index (χ4n) is 2.70. The quantitative estimate of drug-likeness (QED) is 0.568. The maximum absolute atomic E-state index is 12.2. The molecule has 1 aromatic heterocycles. The highest BCUT2D eigenvalue weighted by atomic mass is 32.1. The van der Waals surface area contributed by atoms with Crippen LogP contribution in [0.5, 0.6) is 0 Å². The monoisotopic (exact) mass is 401 g/mol. The van der Waals surface area contributed by atoms with Crippen molar-refractivity contribution in [3.8, 4) is 0 Å². The Morgan fingerprint density at radius 1 is 1.21 bits per heavy atom. The number of piperidine rings is 1. The van der Waals surface area contributed by atoms with Crippen molar-refractivity contribution in [1.29, 1.82) is 0 Å². The Balaban J connectivity index is 1.51. The Bertz CT molecular complexity index is 899. The second kappa shape index (κ2) is 8.61. The minimum absolute atomic E-state index is 0.0451. The van der Waals surface area contributed by atoms with Crippen molar-refractivity contribution < 1.29 is 19.2 Å². The summed E-state index contributed by atoms with van der Waals surface area (Å²) in [5.41, 5.74) is 6.60. The van der Waals surface area contributed by atoms with E-state index in [4.69, 9.17) is 5.73 Å². The van der Waals surface area contributed by atoms with Gasteiger partial charge in [-0.1, -0.05) is 0 Å². The molecule has 1 unspecified atom stereocenters. The van der Waals surface area contributed by atoms with Gasteiger partial charge in [-0.3, -0.25) is 19.2 Å². The number of rotatable bonds is 6. The lowest BCUT2D eigenvalue weighted by atomic mass is 9.98. The maximum Gasteiger partial charge on any atom is 0.248 e. The molecule has 1 atom stereocenters. The van der Waals surface area contributed by atoms with Crippen LogP contribution >= 0.6 is 11.3 Å². The van der Waals surface area contributed by atoms with E-state index in [-0.39, 0.29) is 30.1 Å². The van der Waals surface area contributed by atoms with Gasteiger partial charge in [0.25, 0.3) is 0 Å². The molecular weight excluding hydrogens is 382 g/mol. The number of aromatic nitrogens is 1. The van der Waals surface area contributed by atoms with E-state index >= 15 is 0 Å². The second-order valence-electron chi connectivity index (χ2n) is 6.34. The number of amides is 4. The highest BCUT2D eigenvalue weighted by Crippen LogP contribution is 2.19. The third-order valence-corrected chi connectivity index (χ3v) is 5.02. The highest BCUT2D eigenvalue weighted by Gasteiger charge is 2.25. The van der Waals surface area contributed by atoms with Crippen LogP contribution in [0, 0.1) is 5.92 Å². The lowest BCUT2D eigenvalue weighted by Crippen LogP contribution is -2.40. The molecule has 10 heteroatoms. The minimum atomic E-state index is -0.537. The van der Waals surface area contributed by atoms with Gasteiger partial charge in [-0.05, 0) is 30.7 Å². The average Bonchev–Trinajstić information content (AvgIpc) is 3.09. The van der Waals surface area contributed by atoms with Crippen LogP contribution in [0.25, 0.3) is 0 Å². The van der Waals surface area contributed by atoms with Crippen molar-refractivity contribution in [2.45, 2.75) is 19.3 Å². The van der Waals surface area contributed by atoms with E-state index in [9.17, 15) is 19.2 Å². The zero-order valence-electron chi connectivity index (χ0n) is 14.9. The van der Waals surface area contributed by atoms with Crippen LogP contribution in [0.2, 0.25) is 0 Å². The molecule has 0 radical (unpaired) electrons. The third-order valence-electron chi connectivity index (χ3n) is 4.21. The molecule has 5 N–H and O–H groups in total. The summed E-state index contributed by atoms with van der Waals surface area (Å²) in [7, 11) is 0. The van der Waals surface area contributed by atoms with Crippen LogP contribution in [0.1, 0.15) is 28.9 Å². The Morgan fingerprint density at radius 3 is 2.61 bits per heavy atom. The van der Waals surface area contributed by atoms with Gasteiger partial charge in [-0.2, -0.15) is 0 Å². The molecule has 0 bridgehead atoms. The first-order chi connectivity index (χ1) is 13.4. The number of carbonyl (C=O) groups excluding carboxylic acids is 4. The number of anilines is 2. The zero-order chi connectivity index (χ0) is 20.1. The van der Waals surface area contributed by atoms with Crippen molar-refractivity contribution in [2.75, 3.05) is 17.2 Å². The summed E-state index contributed by atoms with van der Waals surface area (Å²) in [6.45, 7) is 0.319. The van der Waals surface area contributed by atoms with Gasteiger partial charge < -0.3 is 21.7 Å². The molecular formula is C18H19N5O4S. The first-order valence-electron chi connectivity index (χ1n) is 8.62. The van der Waals surface area contributed by atoms with Crippen molar-refractivity contribution in [3.05, 3.63) is 40.9 Å². The Hall–Kier alpha value is -3.27. The number of nitrogens with two attached hydrogens (primary N) is 1. The summed E-state index contributed by atoms with van der Waals surface area (Å²) in [6, 6.07) is 6.24. The molecule has 2 heterocycles. The number of thiazole rings is 1. The van der Waals surface area contributed by atoms with Gasteiger partial charge in [-0.15, -0.1) is 11.3 Å². The average molecular weight is 401 g/mol. The summed E-state index contributed by atoms with van der Waals surface area (Å²) in [4.78, 5) is 50.8. The topological polar surface area (TPSA) is 143 Å². The molecule has 1 fully saturated rings. The summed E-state index contributed by atoms with van der Waals surface area (Å²) < 4.78 is 0. The van der Waals surface area contributed by atoms with Crippen LogP contribution in [-0.2, 0) is 20.8 Å². The first kappa shape index (κ1) is 19.5. The van der Waals surface area contributed by atoms with Gasteiger partial charge in [-0.25, -0.2) is 4.98 Å². The summed E-state index contributed by atoms with van der Waals surface area (Å²) >= 11 is 1.23. The van der Waals surface area contributed by atoms with E-state index in [1.807, 2.05) is 0 Å². The van der Waals surface area contributed by atoms with Crippen LogP contribution in [0.15, 0.2) is 29.6 Å². The maximum atomic E-state index is 12.2. The van der Waals surface area contributed by atoms with Gasteiger partial charge in [0.1, 0.15) is 0 Å². The molecule has 146 valence electrons. The van der Waals surface area contributed by atoms with Gasteiger partial charge in [0.15, 0.2) is 5.13 Å². The highest BCUT2D eigenvalue weighted by molar-refractivity contribution is 7.13. The number of nitrogens with zero attached hydrogens (tertiary/aromatic N) is 1. The first-order valence-corrected chi connectivity index (χ1v) is 9.50.